The highest BCUT2D eigenvalue weighted by Crippen LogP contribution is 2.25. The van der Waals surface area contributed by atoms with Crippen LogP contribution in [0, 0.1) is 0 Å². The monoisotopic (exact) mass is 482 g/mol. The van der Waals surface area contributed by atoms with Crippen molar-refractivity contribution in [3.8, 4) is 11.5 Å². The Morgan fingerprint density at radius 3 is 2.39 bits per heavy atom. The summed E-state index contributed by atoms with van der Waals surface area (Å²) < 4.78 is 32.9. The molecule has 3 aromatic carbocycles. The zero-order valence-electron chi connectivity index (χ0n) is 17.5. The van der Waals surface area contributed by atoms with E-state index >= 15 is 0 Å². The van der Waals surface area contributed by atoms with E-state index in [4.69, 9.17) is 16.0 Å². The zero-order chi connectivity index (χ0) is 23.4. The summed E-state index contributed by atoms with van der Waals surface area (Å²) in [6.07, 6.45) is 0. The molecule has 1 aromatic heterocycles. The van der Waals surface area contributed by atoms with E-state index < -0.39 is 15.9 Å². The minimum Gasteiger partial charge on any atom is -0.403 e. The molecule has 4 aromatic rings. The maximum atomic E-state index is 13.1. The lowest BCUT2D eigenvalue weighted by atomic mass is 10.2. The van der Waals surface area contributed by atoms with Gasteiger partial charge in [0.1, 0.15) is 0 Å². The highest BCUT2D eigenvalue weighted by atomic mass is 35.5. The van der Waals surface area contributed by atoms with Crippen LogP contribution in [-0.2, 0) is 10.0 Å². The van der Waals surface area contributed by atoms with Crippen LogP contribution in [0.2, 0.25) is 5.02 Å². The third kappa shape index (κ3) is 4.89. The van der Waals surface area contributed by atoms with Crippen LogP contribution in [0.25, 0.3) is 11.5 Å². The first-order chi connectivity index (χ1) is 15.9. The number of nitrogens with zero attached hydrogens (tertiary/aromatic N) is 3. The van der Waals surface area contributed by atoms with Gasteiger partial charge in [-0.1, -0.05) is 41.0 Å². The number of benzene rings is 3. The van der Waals surface area contributed by atoms with Crippen LogP contribution >= 0.6 is 11.6 Å². The Hall–Kier alpha value is -3.69. The maximum absolute atomic E-state index is 13.1. The van der Waals surface area contributed by atoms with Gasteiger partial charge in [-0.25, -0.2) is 8.42 Å². The second kappa shape index (κ2) is 9.43. The summed E-state index contributed by atoms with van der Waals surface area (Å²) >= 11 is 5.97. The molecule has 10 heteroatoms. The molecule has 1 N–H and O–H groups in total. The minimum atomic E-state index is -3.79. The van der Waals surface area contributed by atoms with Gasteiger partial charge in [-0.05, 0) is 61.5 Å². The molecule has 0 aliphatic rings. The second-order valence-corrected chi connectivity index (χ2v) is 9.21. The lowest BCUT2D eigenvalue weighted by molar-refractivity contribution is 0.102. The van der Waals surface area contributed by atoms with Gasteiger partial charge in [-0.3, -0.25) is 14.4 Å². The summed E-state index contributed by atoms with van der Waals surface area (Å²) in [7, 11) is -3.79. The number of carbonyl (C=O) groups excluding carboxylic acids is 1. The molecule has 0 saturated heterocycles. The number of halogens is 1. The topological polar surface area (TPSA) is 105 Å². The molecule has 1 heterocycles. The molecule has 0 aliphatic heterocycles. The normalized spacial score (nSPS) is 11.2. The number of anilines is 2. The fraction of sp³-hybridized carbons (Fsp3) is 0.0870. The molecule has 0 radical (unpaired) electrons. The predicted molar refractivity (Wildman–Crippen MR) is 126 cm³/mol. The summed E-state index contributed by atoms with van der Waals surface area (Å²) in [4.78, 5) is 12.6. The van der Waals surface area contributed by atoms with Crippen molar-refractivity contribution in [2.45, 2.75) is 11.8 Å². The van der Waals surface area contributed by atoms with Crippen molar-refractivity contribution in [2.24, 2.45) is 0 Å². The van der Waals surface area contributed by atoms with E-state index in [1.807, 2.05) is 6.07 Å². The molecule has 8 nitrogen and oxygen atoms in total. The van der Waals surface area contributed by atoms with E-state index in [9.17, 15) is 13.2 Å². The highest BCUT2D eigenvalue weighted by molar-refractivity contribution is 7.92. The zero-order valence-corrected chi connectivity index (χ0v) is 19.0. The molecule has 0 spiro atoms. The van der Waals surface area contributed by atoms with Crippen molar-refractivity contribution < 1.29 is 17.6 Å². The fourth-order valence-corrected chi connectivity index (χ4v) is 4.84. The largest absolute Gasteiger partial charge is 0.403 e. The van der Waals surface area contributed by atoms with Crippen molar-refractivity contribution in [3.63, 3.8) is 0 Å². The number of para-hydroxylation sites is 1. The first-order valence-electron chi connectivity index (χ1n) is 9.97. The molecule has 33 heavy (non-hydrogen) atoms. The summed E-state index contributed by atoms with van der Waals surface area (Å²) in [5, 5.41) is 10.7. The molecular weight excluding hydrogens is 464 g/mol. The van der Waals surface area contributed by atoms with Gasteiger partial charge in [0.05, 0.1) is 10.6 Å². The van der Waals surface area contributed by atoms with E-state index in [0.29, 0.717) is 16.3 Å². The summed E-state index contributed by atoms with van der Waals surface area (Å²) in [6.45, 7) is 2.02. The van der Waals surface area contributed by atoms with Crippen LogP contribution in [0.3, 0.4) is 0 Å². The summed E-state index contributed by atoms with van der Waals surface area (Å²) in [5.74, 6) is -0.314. The third-order valence-corrected chi connectivity index (χ3v) is 6.91. The quantitative estimate of drug-likeness (QED) is 0.403. The van der Waals surface area contributed by atoms with Gasteiger partial charge in [-0.15, -0.1) is 5.10 Å². The Morgan fingerprint density at radius 1 is 1.00 bits per heavy atom. The Balaban J connectivity index is 1.50. The molecule has 0 aliphatic carbocycles. The molecule has 0 saturated carbocycles. The Morgan fingerprint density at radius 2 is 1.73 bits per heavy atom. The molecule has 0 unspecified atom stereocenters. The molecule has 1 amide bonds. The summed E-state index contributed by atoms with van der Waals surface area (Å²) in [5.41, 5.74) is 1.41. The summed E-state index contributed by atoms with van der Waals surface area (Å²) in [6, 6.07) is 21.2. The van der Waals surface area contributed by atoms with Gasteiger partial charge < -0.3 is 4.42 Å². The Bertz CT molecular complexity index is 1370. The van der Waals surface area contributed by atoms with Gasteiger partial charge in [0.15, 0.2) is 0 Å². The van der Waals surface area contributed by atoms with Gasteiger partial charge in [-0.2, -0.15) is 0 Å². The lowest BCUT2D eigenvalue weighted by Gasteiger charge is -2.22. The number of hydrogen-bond acceptors (Lipinski definition) is 6. The number of hydrogen-bond donors (Lipinski definition) is 1. The van der Waals surface area contributed by atoms with Gasteiger partial charge >= 0.3 is 6.01 Å². The number of rotatable bonds is 7. The van der Waals surface area contributed by atoms with Crippen molar-refractivity contribution in [1.29, 1.82) is 0 Å². The highest BCUT2D eigenvalue weighted by Gasteiger charge is 2.24. The second-order valence-electron chi connectivity index (χ2n) is 6.91. The van der Waals surface area contributed by atoms with Gasteiger partial charge in [0, 0.05) is 22.7 Å². The number of aromatic nitrogens is 2. The number of sulfonamides is 1. The van der Waals surface area contributed by atoms with E-state index in [1.165, 1.54) is 28.6 Å². The Kier molecular flexibility index (Phi) is 6.43. The van der Waals surface area contributed by atoms with Gasteiger partial charge in [0.25, 0.3) is 15.9 Å². The van der Waals surface area contributed by atoms with Crippen molar-refractivity contribution in [2.75, 3.05) is 16.2 Å². The number of amides is 1. The SMILES string of the molecule is CCN(c1ccccc1)S(=O)(=O)c1ccc(C(=O)Nc2nnc(-c3cccc(Cl)c3)o2)cc1. The average molecular weight is 483 g/mol. The van der Waals surface area contributed by atoms with Crippen LogP contribution in [0.5, 0.6) is 0 Å². The van der Waals surface area contributed by atoms with Crippen molar-refractivity contribution in [1.82, 2.24) is 10.2 Å². The molecule has 168 valence electrons. The lowest BCUT2D eigenvalue weighted by Crippen LogP contribution is -2.30. The maximum Gasteiger partial charge on any atom is 0.322 e. The smallest absolute Gasteiger partial charge is 0.322 e. The van der Waals surface area contributed by atoms with E-state index in [1.54, 1.807) is 55.5 Å². The number of carbonyl (C=O) groups is 1. The average Bonchev–Trinajstić information content (AvgIpc) is 3.29. The molecular formula is C23H19ClN4O4S. The first kappa shape index (κ1) is 22.5. The standard InChI is InChI=1S/C23H19ClN4O4S/c1-2-28(19-9-4-3-5-10-19)33(30,31)20-13-11-16(12-14-20)21(29)25-23-27-26-22(32-23)17-7-6-8-18(24)15-17/h3-15H,2H2,1H3,(H,25,27,29). The molecule has 0 atom stereocenters. The predicted octanol–water partition coefficient (Wildman–Crippen LogP) is 4.86. The van der Waals surface area contributed by atoms with Crippen LogP contribution in [-0.4, -0.2) is 31.1 Å². The van der Waals surface area contributed by atoms with Crippen molar-refractivity contribution >= 4 is 39.2 Å². The van der Waals surface area contributed by atoms with Crippen LogP contribution < -0.4 is 9.62 Å². The van der Waals surface area contributed by atoms with Crippen LogP contribution in [0.1, 0.15) is 17.3 Å². The third-order valence-electron chi connectivity index (χ3n) is 4.75. The van der Waals surface area contributed by atoms with E-state index in [-0.39, 0.29) is 28.9 Å². The molecule has 0 fully saturated rings. The van der Waals surface area contributed by atoms with Crippen LogP contribution in [0.4, 0.5) is 11.7 Å². The van der Waals surface area contributed by atoms with Crippen LogP contribution in [0.15, 0.2) is 88.2 Å². The fourth-order valence-electron chi connectivity index (χ4n) is 3.17. The molecule has 0 bridgehead atoms. The minimum absolute atomic E-state index is 0.0748. The molecule has 4 rings (SSSR count). The Labute approximate surface area is 195 Å². The van der Waals surface area contributed by atoms with Gasteiger partial charge in [0.2, 0.25) is 5.89 Å². The van der Waals surface area contributed by atoms with E-state index in [2.05, 4.69) is 15.5 Å². The van der Waals surface area contributed by atoms with Crippen molar-refractivity contribution in [3.05, 3.63) is 89.4 Å². The number of nitrogens with one attached hydrogen (secondary N) is 1. The van der Waals surface area contributed by atoms with E-state index in [0.717, 1.165) is 0 Å². The first-order valence-corrected chi connectivity index (χ1v) is 11.8.